The van der Waals surface area contributed by atoms with Crippen LogP contribution in [0.2, 0.25) is 0 Å². The van der Waals surface area contributed by atoms with Crippen LogP contribution in [0.25, 0.3) is 0 Å². The number of nitrogens with zero attached hydrogens (tertiary/aromatic N) is 1. The first kappa shape index (κ1) is 14.8. The van der Waals surface area contributed by atoms with Crippen LogP contribution in [0, 0.1) is 5.82 Å². The first-order chi connectivity index (χ1) is 9.35. The lowest BCUT2D eigenvalue weighted by atomic mass is 10.3. The second-order valence-electron chi connectivity index (χ2n) is 4.99. The number of nitrogens with one attached hydrogen (secondary N) is 1. The summed E-state index contributed by atoms with van der Waals surface area (Å²) in [5, 5.41) is 2.59. The smallest absolute Gasteiger partial charge is 0.321 e. The average molecular weight is 300 g/mol. The van der Waals surface area contributed by atoms with Gasteiger partial charge in [0.25, 0.3) is 0 Å². The standard InChI is InChI=1S/C13H17FN2O3S/c1-20(18,19)8-7-16(12-5-6-12)13(17)15-11-4-2-3-10(14)9-11/h2-4,9,12H,5-8H2,1H3,(H,15,17). The Labute approximate surface area is 117 Å². The van der Waals surface area contributed by atoms with E-state index in [0.29, 0.717) is 5.69 Å². The molecule has 1 aliphatic rings. The minimum atomic E-state index is -3.12. The van der Waals surface area contributed by atoms with Crippen LogP contribution in [0.1, 0.15) is 12.8 Å². The Morgan fingerprint density at radius 2 is 2.15 bits per heavy atom. The van der Waals surface area contributed by atoms with Gasteiger partial charge in [0.1, 0.15) is 15.7 Å². The summed E-state index contributed by atoms with van der Waals surface area (Å²) in [5.74, 6) is -0.503. The van der Waals surface area contributed by atoms with Crippen LogP contribution in [0.4, 0.5) is 14.9 Å². The number of sulfone groups is 1. The molecule has 20 heavy (non-hydrogen) atoms. The lowest BCUT2D eigenvalue weighted by molar-refractivity contribution is 0.212. The molecule has 1 N–H and O–H groups in total. The van der Waals surface area contributed by atoms with Crippen molar-refractivity contribution in [3.05, 3.63) is 30.1 Å². The molecule has 1 saturated carbocycles. The fourth-order valence-electron chi connectivity index (χ4n) is 1.86. The summed E-state index contributed by atoms with van der Waals surface area (Å²) >= 11 is 0. The molecule has 0 unspecified atom stereocenters. The molecule has 0 bridgehead atoms. The molecule has 0 radical (unpaired) electrons. The summed E-state index contributed by atoms with van der Waals surface area (Å²) in [5.41, 5.74) is 0.361. The summed E-state index contributed by atoms with van der Waals surface area (Å²) in [6.45, 7) is 0.157. The van der Waals surface area contributed by atoms with Crippen molar-refractivity contribution in [3.8, 4) is 0 Å². The van der Waals surface area contributed by atoms with Crippen molar-refractivity contribution in [1.82, 2.24) is 4.90 Å². The maximum Gasteiger partial charge on any atom is 0.322 e. The zero-order valence-electron chi connectivity index (χ0n) is 11.2. The summed E-state index contributed by atoms with van der Waals surface area (Å²) in [7, 11) is -3.12. The van der Waals surface area contributed by atoms with Gasteiger partial charge in [0, 0.05) is 24.5 Å². The van der Waals surface area contributed by atoms with Gasteiger partial charge in [-0.15, -0.1) is 0 Å². The van der Waals surface area contributed by atoms with E-state index >= 15 is 0 Å². The molecule has 0 spiro atoms. The molecular formula is C13H17FN2O3S. The highest BCUT2D eigenvalue weighted by molar-refractivity contribution is 7.90. The second kappa shape index (κ2) is 5.78. The Balaban J connectivity index is 2.00. The van der Waals surface area contributed by atoms with Gasteiger partial charge in [0.15, 0.2) is 0 Å². The highest BCUT2D eigenvalue weighted by atomic mass is 32.2. The third kappa shape index (κ3) is 4.48. The Kier molecular flexibility index (Phi) is 4.27. The first-order valence-corrected chi connectivity index (χ1v) is 8.42. The Bertz CT molecular complexity index is 599. The third-order valence-electron chi connectivity index (χ3n) is 3.03. The number of benzene rings is 1. The van der Waals surface area contributed by atoms with Crippen molar-refractivity contribution >= 4 is 21.6 Å². The Morgan fingerprint density at radius 1 is 1.45 bits per heavy atom. The zero-order chi connectivity index (χ0) is 14.8. The van der Waals surface area contributed by atoms with E-state index in [-0.39, 0.29) is 24.4 Å². The lowest BCUT2D eigenvalue weighted by Gasteiger charge is -2.22. The largest absolute Gasteiger partial charge is 0.322 e. The Hall–Kier alpha value is -1.63. The topological polar surface area (TPSA) is 66.5 Å². The summed E-state index contributed by atoms with van der Waals surface area (Å²) < 4.78 is 35.4. The van der Waals surface area contributed by atoms with Crippen LogP contribution in [-0.4, -0.2) is 43.9 Å². The first-order valence-electron chi connectivity index (χ1n) is 6.36. The molecule has 2 amide bonds. The summed E-state index contributed by atoms with van der Waals surface area (Å²) in [6, 6.07) is 5.30. The molecule has 0 atom stereocenters. The van der Waals surface area contributed by atoms with Crippen molar-refractivity contribution in [2.45, 2.75) is 18.9 Å². The highest BCUT2D eigenvalue weighted by Gasteiger charge is 2.32. The molecule has 7 heteroatoms. The molecule has 1 aliphatic carbocycles. The molecule has 5 nitrogen and oxygen atoms in total. The molecule has 0 aliphatic heterocycles. The van der Waals surface area contributed by atoms with Gasteiger partial charge in [0.05, 0.1) is 5.75 Å². The number of urea groups is 1. The van der Waals surface area contributed by atoms with E-state index < -0.39 is 15.7 Å². The van der Waals surface area contributed by atoms with Gasteiger partial charge in [0.2, 0.25) is 0 Å². The van der Waals surface area contributed by atoms with E-state index in [1.807, 2.05) is 0 Å². The van der Waals surface area contributed by atoms with Crippen molar-refractivity contribution < 1.29 is 17.6 Å². The van der Waals surface area contributed by atoms with Crippen LogP contribution < -0.4 is 5.32 Å². The van der Waals surface area contributed by atoms with Crippen LogP contribution in [0.5, 0.6) is 0 Å². The molecule has 0 heterocycles. The monoisotopic (exact) mass is 300 g/mol. The summed E-state index contributed by atoms with van der Waals surface area (Å²) in [6.07, 6.45) is 2.89. The molecule has 1 aromatic carbocycles. The second-order valence-corrected chi connectivity index (χ2v) is 7.25. The van der Waals surface area contributed by atoms with Crippen molar-refractivity contribution in [1.29, 1.82) is 0 Å². The molecule has 1 aromatic rings. The van der Waals surface area contributed by atoms with E-state index in [1.165, 1.54) is 23.1 Å². The molecule has 2 rings (SSSR count). The van der Waals surface area contributed by atoms with E-state index in [9.17, 15) is 17.6 Å². The molecule has 0 saturated heterocycles. The zero-order valence-corrected chi connectivity index (χ0v) is 12.0. The normalized spacial score (nSPS) is 14.9. The number of hydrogen-bond acceptors (Lipinski definition) is 3. The van der Waals surface area contributed by atoms with Gasteiger partial charge < -0.3 is 10.2 Å². The minimum absolute atomic E-state index is 0.0694. The average Bonchev–Trinajstić information content (AvgIpc) is 3.12. The minimum Gasteiger partial charge on any atom is -0.321 e. The third-order valence-corrected chi connectivity index (χ3v) is 3.95. The number of rotatable bonds is 5. The van der Waals surface area contributed by atoms with E-state index in [4.69, 9.17) is 0 Å². The fourth-order valence-corrected chi connectivity index (χ4v) is 2.39. The maximum absolute atomic E-state index is 13.0. The van der Waals surface area contributed by atoms with E-state index in [0.717, 1.165) is 19.1 Å². The highest BCUT2D eigenvalue weighted by Crippen LogP contribution is 2.27. The number of halogens is 1. The van der Waals surface area contributed by atoms with Crippen LogP contribution in [0.15, 0.2) is 24.3 Å². The number of anilines is 1. The quantitative estimate of drug-likeness (QED) is 0.902. The SMILES string of the molecule is CS(=O)(=O)CCN(C(=O)Nc1cccc(F)c1)C1CC1. The lowest BCUT2D eigenvalue weighted by Crippen LogP contribution is -2.39. The van der Waals surface area contributed by atoms with E-state index in [2.05, 4.69) is 5.32 Å². The van der Waals surface area contributed by atoms with Crippen LogP contribution in [0.3, 0.4) is 0 Å². The van der Waals surface area contributed by atoms with Crippen molar-refractivity contribution in [2.75, 3.05) is 23.9 Å². The Morgan fingerprint density at radius 3 is 2.70 bits per heavy atom. The van der Waals surface area contributed by atoms with Crippen LogP contribution >= 0.6 is 0 Å². The van der Waals surface area contributed by atoms with Gasteiger partial charge in [-0.2, -0.15) is 0 Å². The van der Waals surface area contributed by atoms with Gasteiger partial charge in [-0.05, 0) is 31.0 Å². The van der Waals surface area contributed by atoms with Gasteiger partial charge in [-0.3, -0.25) is 0 Å². The van der Waals surface area contributed by atoms with Crippen LogP contribution in [-0.2, 0) is 9.84 Å². The fraction of sp³-hybridized carbons (Fsp3) is 0.462. The maximum atomic E-state index is 13.0. The van der Waals surface area contributed by atoms with Gasteiger partial charge >= 0.3 is 6.03 Å². The van der Waals surface area contributed by atoms with Gasteiger partial charge in [-0.25, -0.2) is 17.6 Å². The molecule has 0 aromatic heterocycles. The number of amides is 2. The van der Waals surface area contributed by atoms with Crippen molar-refractivity contribution in [3.63, 3.8) is 0 Å². The predicted molar refractivity (Wildman–Crippen MR) is 74.9 cm³/mol. The molecular weight excluding hydrogens is 283 g/mol. The predicted octanol–water partition coefficient (Wildman–Crippen LogP) is 1.87. The van der Waals surface area contributed by atoms with Crippen molar-refractivity contribution in [2.24, 2.45) is 0 Å². The molecule has 110 valence electrons. The number of hydrogen-bond donors (Lipinski definition) is 1. The summed E-state index contributed by atoms with van der Waals surface area (Å²) in [4.78, 5) is 13.6. The number of carbonyl (C=O) groups is 1. The van der Waals surface area contributed by atoms with Gasteiger partial charge in [-0.1, -0.05) is 6.07 Å². The van der Waals surface area contributed by atoms with E-state index in [1.54, 1.807) is 6.07 Å². The number of carbonyl (C=O) groups excluding carboxylic acids is 1. The molecule has 1 fully saturated rings.